The molecule has 1 atom stereocenters. The van der Waals surface area contributed by atoms with Crippen molar-refractivity contribution in [1.82, 2.24) is 5.32 Å². The maximum absolute atomic E-state index is 13.4. The third kappa shape index (κ3) is 5.15. The molecule has 0 saturated carbocycles. The molecule has 1 unspecified atom stereocenters. The molecule has 1 rings (SSSR count). The highest BCUT2D eigenvalue weighted by Gasteiger charge is 2.21. The number of amides is 1. The zero-order valence-corrected chi connectivity index (χ0v) is 13.2. The Morgan fingerprint density at radius 1 is 1.25 bits per heavy atom. The molecule has 0 radical (unpaired) electrons. The van der Waals surface area contributed by atoms with Crippen molar-refractivity contribution in [2.45, 2.75) is 32.0 Å². The molecule has 0 aliphatic carbocycles. The summed E-state index contributed by atoms with van der Waals surface area (Å²) in [4.78, 5) is 11.7. The van der Waals surface area contributed by atoms with Crippen LogP contribution in [0.15, 0.2) is 12.1 Å². The number of hydrogen-bond acceptors (Lipinski definition) is 1. The van der Waals surface area contributed by atoms with Crippen molar-refractivity contribution in [1.29, 1.82) is 0 Å². The Hall–Kier alpha value is -1.04. The second-order valence-electron chi connectivity index (χ2n) is 5.82. The van der Waals surface area contributed by atoms with E-state index in [-0.39, 0.29) is 16.8 Å². The molecule has 2 nitrogen and oxygen atoms in total. The van der Waals surface area contributed by atoms with E-state index in [1.54, 1.807) is 0 Å². The predicted octanol–water partition coefficient (Wildman–Crippen LogP) is 4.03. The maximum atomic E-state index is 13.4. The summed E-state index contributed by atoms with van der Waals surface area (Å²) < 4.78 is 39.6. The number of halogens is 4. The Kier molecular flexibility index (Phi) is 5.62. The first kappa shape index (κ1) is 17.0. The second kappa shape index (κ2) is 6.61. The van der Waals surface area contributed by atoms with Crippen LogP contribution >= 0.6 is 15.9 Å². The minimum Gasteiger partial charge on any atom is -0.351 e. The SMILES string of the molecule is CC(C)(C)CC(Br)CNC(=O)c1c(F)cc(F)cc1F. The van der Waals surface area contributed by atoms with E-state index in [0.717, 1.165) is 6.42 Å². The van der Waals surface area contributed by atoms with E-state index in [4.69, 9.17) is 0 Å². The van der Waals surface area contributed by atoms with Crippen LogP contribution in [0.2, 0.25) is 0 Å². The molecule has 0 aromatic heterocycles. The van der Waals surface area contributed by atoms with Crippen molar-refractivity contribution in [2.24, 2.45) is 5.41 Å². The Morgan fingerprint density at radius 2 is 1.75 bits per heavy atom. The van der Waals surface area contributed by atoms with Gasteiger partial charge in [-0.15, -0.1) is 0 Å². The van der Waals surface area contributed by atoms with Crippen LogP contribution in [0.4, 0.5) is 13.2 Å². The van der Waals surface area contributed by atoms with Gasteiger partial charge in [-0.3, -0.25) is 4.79 Å². The molecule has 112 valence electrons. The lowest BCUT2D eigenvalue weighted by Crippen LogP contribution is -2.32. The predicted molar refractivity (Wildman–Crippen MR) is 75.4 cm³/mol. The molecule has 0 heterocycles. The third-order valence-corrected chi connectivity index (χ3v) is 3.20. The lowest BCUT2D eigenvalue weighted by Gasteiger charge is -2.22. The minimum atomic E-state index is -1.21. The fourth-order valence-electron chi connectivity index (χ4n) is 1.79. The normalized spacial score (nSPS) is 13.2. The van der Waals surface area contributed by atoms with Crippen LogP contribution in [0.25, 0.3) is 0 Å². The topological polar surface area (TPSA) is 29.1 Å². The minimum absolute atomic E-state index is 0.0157. The number of hydrogen-bond donors (Lipinski definition) is 1. The average Bonchev–Trinajstić information content (AvgIpc) is 2.22. The molecule has 1 amide bonds. The molecule has 0 spiro atoms. The first-order valence-corrected chi connectivity index (χ1v) is 7.08. The highest BCUT2D eigenvalue weighted by molar-refractivity contribution is 9.09. The van der Waals surface area contributed by atoms with Gasteiger partial charge in [0.2, 0.25) is 0 Å². The van der Waals surface area contributed by atoms with Gasteiger partial charge in [-0.1, -0.05) is 36.7 Å². The molecule has 1 aromatic rings. The highest BCUT2D eigenvalue weighted by atomic mass is 79.9. The van der Waals surface area contributed by atoms with E-state index in [0.29, 0.717) is 12.1 Å². The third-order valence-electron chi connectivity index (χ3n) is 2.55. The first-order chi connectivity index (χ1) is 9.10. The Labute approximate surface area is 124 Å². The second-order valence-corrected chi connectivity index (χ2v) is 7.11. The van der Waals surface area contributed by atoms with Gasteiger partial charge in [-0.25, -0.2) is 13.2 Å². The van der Waals surface area contributed by atoms with Gasteiger partial charge in [0.15, 0.2) is 0 Å². The van der Waals surface area contributed by atoms with Gasteiger partial charge in [-0.2, -0.15) is 0 Å². The molecule has 20 heavy (non-hydrogen) atoms. The highest BCUT2D eigenvalue weighted by Crippen LogP contribution is 2.24. The van der Waals surface area contributed by atoms with Crippen molar-refractivity contribution in [2.75, 3.05) is 6.54 Å². The lowest BCUT2D eigenvalue weighted by atomic mass is 9.90. The monoisotopic (exact) mass is 351 g/mol. The van der Waals surface area contributed by atoms with Crippen molar-refractivity contribution in [3.63, 3.8) is 0 Å². The summed E-state index contributed by atoms with van der Waals surface area (Å²) in [7, 11) is 0. The van der Waals surface area contributed by atoms with Crippen LogP contribution in [0.3, 0.4) is 0 Å². The van der Waals surface area contributed by atoms with Crippen LogP contribution in [-0.2, 0) is 0 Å². The van der Waals surface area contributed by atoms with E-state index < -0.39 is 28.9 Å². The number of rotatable bonds is 4. The van der Waals surface area contributed by atoms with Gasteiger partial charge in [0, 0.05) is 23.5 Å². The van der Waals surface area contributed by atoms with Gasteiger partial charge in [0.25, 0.3) is 5.91 Å². The van der Waals surface area contributed by atoms with Crippen LogP contribution in [0.1, 0.15) is 37.6 Å². The summed E-state index contributed by atoms with van der Waals surface area (Å²) in [6, 6.07) is 0.970. The molecule has 0 fully saturated rings. The van der Waals surface area contributed by atoms with E-state index in [2.05, 4.69) is 21.2 Å². The number of carbonyl (C=O) groups excluding carboxylic acids is 1. The van der Waals surface area contributed by atoms with Crippen molar-refractivity contribution >= 4 is 21.8 Å². The number of alkyl halides is 1. The average molecular weight is 352 g/mol. The summed E-state index contributed by atoms with van der Waals surface area (Å²) in [6.45, 7) is 6.36. The molecule has 0 saturated heterocycles. The molecule has 0 aliphatic heterocycles. The fourth-order valence-corrected chi connectivity index (χ4v) is 2.92. The standard InChI is InChI=1S/C14H17BrF3NO/c1-14(2,3)6-8(15)7-19-13(20)12-10(17)4-9(16)5-11(12)18/h4-5,8H,6-7H2,1-3H3,(H,19,20). The lowest BCUT2D eigenvalue weighted by molar-refractivity contribution is 0.0944. The molecule has 6 heteroatoms. The van der Waals surface area contributed by atoms with Gasteiger partial charge >= 0.3 is 0 Å². The quantitative estimate of drug-likeness (QED) is 0.815. The molecular weight excluding hydrogens is 335 g/mol. The van der Waals surface area contributed by atoms with Crippen molar-refractivity contribution in [3.05, 3.63) is 35.1 Å². The number of nitrogens with one attached hydrogen (secondary N) is 1. The summed E-state index contributed by atoms with van der Waals surface area (Å²) in [5.74, 6) is -4.36. The Bertz CT molecular complexity index is 477. The molecule has 1 N–H and O–H groups in total. The van der Waals surface area contributed by atoms with Crippen molar-refractivity contribution in [3.8, 4) is 0 Å². The van der Waals surface area contributed by atoms with E-state index in [1.807, 2.05) is 20.8 Å². The number of benzene rings is 1. The maximum Gasteiger partial charge on any atom is 0.257 e. The molecular formula is C14H17BrF3NO. The Morgan fingerprint density at radius 3 is 2.20 bits per heavy atom. The molecule has 0 bridgehead atoms. The first-order valence-electron chi connectivity index (χ1n) is 6.17. The van der Waals surface area contributed by atoms with Crippen LogP contribution < -0.4 is 5.32 Å². The van der Waals surface area contributed by atoms with Gasteiger partial charge in [-0.05, 0) is 11.8 Å². The van der Waals surface area contributed by atoms with Gasteiger partial charge in [0.05, 0.1) is 0 Å². The molecule has 1 aromatic carbocycles. The van der Waals surface area contributed by atoms with Crippen molar-refractivity contribution < 1.29 is 18.0 Å². The zero-order chi connectivity index (χ0) is 15.5. The van der Waals surface area contributed by atoms with Gasteiger partial charge in [0.1, 0.15) is 23.0 Å². The molecule has 0 aliphatic rings. The van der Waals surface area contributed by atoms with E-state index in [1.165, 1.54) is 0 Å². The zero-order valence-electron chi connectivity index (χ0n) is 11.6. The summed E-state index contributed by atoms with van der Waals surface area (Å²) in [6.07, 6.45) is 0.779. The fraction of sp³-hybridized carbons (Fsp3) is 0.500. The Balaban J connectivity index is 2.69. The number of carbonyl (C=O) groups is 1. The van der Waals surface area contributed by atoms with Gasteiger partial charge < -0.3 is 5.32 Å². The van der Waals surface area contributed by atoms with Crippen LogP contribution in [0.5, 0.6) is 0 Å². The summed E-state index contributed by atoms with van der Waals surface area (Å²) in [5, 5.41) is 2.43. The largest absolute Gasteiger partial charge is 0.351 e. The summed E-state index contributed by atoms with van der Waals surface area (Å²) in [5.41, 5.74) is -0.701. The van der Waals surface area contributed by atoms with Crippen LogP contribution in [-0.4, -0.2) is 17.3 Å². The smallest absolute Gasteiger partial charge is 0.257 e. The van der Waals surface area contributed by atoms with E-state index in [9.17, 15) is 18.0 Å². The van der Waals surface area contributed by atoms with Crippen LogP contribution in [0, 0.1) is 22.9 Å². The van der Waals surface area contributed by atoms with E-state index >= 15 is 0 Å². The summed E-state index contributed by atoms with van der Waals surface area (Å²) >= 11 is 3.40.